The Morgan fingerprint density at radius 3 is 2.68 bits per heavy atom. The molecule has 0 aromatic carbocycles. The van der Waals surface area contributed by atoms with E-state index in [9.17, 15) is 9.59 Å². The van der Waals surface area contributed by atoms with Crippen molar-refractivity contribution in [1.82, 2.24) is 10.3 Å². The number of Topliss-reactive ketones (excluding diaryl/α,β-unsaturated/α-hetero) is 1. The van der Waals surface area contributed by atoms with Gasteiger partial charge in [0.15, 0.2) is 5.78 Å². The van der Waals surface area contributed by atoms with Crippen LogP contribution in [0, 0.1) is 0 Å². The molecule has 1 aromatic heterocycles. The molecule has 5 nitrogen and oxygen atoms in total. The van der Waals surface area contributed by atoms with Gasteiger partial charge in [0.1, 0.15) is 5.60 Å². The predicted octanol–water partition coefficient (Wildman–Crippen LogP) is 2.57. The van der Waals surface area contributed by atoms with Crippen LogP contribution in [-0.2, 0) is 4.74 Å². The van der Waals surface area contributed by atoms with Crippen LogP contribution in [-0.4, -0.2) is 29.0 Å². The summed E-state index contributed by atoms with van der Waals surface area (Å²) < 4.78 is 5.08. The molecule has 0 saturated heterocycles. The molecule has 0 unspecified atom stereocenters. The largest absolute Gasteiger partial charge is 0.444 e. The van der Waals surface area contributed by atoms with Crippen LogP contribution >= 0.6 is 0 Å². The Balaban J connectivity index is 2.21. The van der Waals surface area contributed by atoms with Gasteiger partial charge in [-0.15, -0.1) is 0 Å². The highest BCUT2D eigenvalue weighted by Gasteiger charge is 2.15. The highest BCUT2D eigenvalue weighted by atomic mass is 16.6. The van der Waals surface area contributed by atoms with Crippen LogP contribution in [0.15, 0.2) is 24.5 Å². The lowest BCUT2D eigenvalue weighted by molar-refractivity contribution is 0.0525. The average molecular weight is 264 g/mol. The fourth-order valence-electron chi connectivity index (χ4n) is 1.43. The van der Waals surface area contributed by atoms with Gasteiger partial charge >= 0.3 is 6.09 Å². The fourth-order valence-corrected chi connectivity index (χ4v) is 1.43. The number of nitrogens with one attached hydrogen (secondary N) is 1. The van der Waals surface area contributed by atoms with E-state index in [1.165, 1.54) is 0 Å². The van der Waals surface area contributed by atoms with Crippen LogP contribution in [0.1, 0.15) is 44.0 Å². The Morgan fingerprint density at radius 1 is 1.37 bits per heavy atom. The second kappa shape index (κ2) is 6.87. The van der Waals surface area contributed by atoms with Crippen LogP contribution in [0.3, 0.4) is 0 Å². The van der Waals surface area contributed by atoms with Gasteiger partial charge in [0.25, 0.3) is 0 Å². The van der Waals surface area contributed by atoms with Crippen molar-refractivity contribution in [3.63, 3.8) is 0 Å². The van der Waals surface area contributed by atoms with Crippen LogP contribution in [0.4, 0.5) is 4.79 Å². The molecule has 19 heavy (non-hydrogen) atoms. The molecule has 0 aliphatic heterocycles. The molecule has 1 rings (SSSR count). The molecule has 0 aliphatic rings. The van der Waals surface area contributed by atoms with Crippen molar-refractivity contribution in [2.75, 3.05) is 6.54 Å². The number of hydrogen-bond donors (Lipinski definition) is 1. The van der Waals surface area contributed by atoms with E-state index in [2.05, 4.69) is 10.3 Å². The summed E-state index contributed by atoms with van der Waals surface area (Å²) in [4.78, 5) is 27.0. The molecule has 0 atom stereocenters. The summed E-state index contributed by atoms with van der Waals surface area (Å²) in [5.74, 6) is 0.0269. The zero-order chi connectivity index (χ0) is 14.3. The van der Waals surface area contributed by atoms with Gasteiger partial charge in [-0.1, -0.05) is 0 Å². The first-order chi connectivity index (χ1) is 8.88. The zero-order valence-electron chi connectivity index (χ0n) is 11.6. The van der Waals surface area contributed by atoms with E-state index < -0.39 is 11.7 Å². The number of nitrogens with zero attached hydrogens (tertiary/aromatic N) is 1. The van der Waals surface area contributed by atoms with Crippen LogP contribution < -0.4 is 5.32 Å². The highest BCUT2D eigenvalue weighted by Crippen LogP contribution is 2.07. The van der Waals surface area contributed by atoms with Gasteiger partial charge in [-0.3, -0.25) is 9.78 Å². The Hall–Kier alpha value is -1.91. The lowest BCUT2D eigenvalue weighted by Crippen LogP contribution is -2.33. The summed E-state index contributed by atoms with van der Waals surface area (Å²) in [5, 5.41) is 2.62. The number of carbonyl (C=O) groups excluding carboxylic acids is 2. The minimum absolute atomic E-state index is 0.0269. The van der Waals surface area contributed by atoms with Crippen molar-refractivity contribution in [3.8, 4) is 0 Å². The van der Waals surface area contributed by atoms with Crippen LogP contribution in [0.5, 0.6) is 0 Å². The van der Waals surface area contributed by atoms with Gasteiger partial charge in [-0.2, -0.15) is 0 Å². The Kier molecular flexibility index (Phi) is 5.48. The third-order valence-electron chi connectivity index (χ3n) is 2.23. The molecule has 0 spiro atoms. The second-order valence-corrected chi connectivity index (χ2v) is 5.20. The quantitative estimate of drug-likeness (QED) is 0.655. The maximum atomic E-state index is 11.7. The second-order valence-electron chi connectivity index (χ2n) is 5.20. The van der Waals surface area contributed by atoms with Crippen molar-refractivity contribution in [3.05, 3.63) is 30.1 Å². The molecular weight excluding hydrogens is 244 g/mol. The van der Waals surface area contributed by atoms with Crippen LogP contribution in [0.2, 0.25) is 0 Å². The number of carbonyl (C=O) groups is 2. The number of alkyl carbamates (subject to hydrolysis) is 1. The first-order valence-corrected chi connectivity index (χ1v) is 6.28. The lowest BCUT2D eigenvalue weighted by atomic mass is 10.1. The molecule has 5 heteroatoms. The average Bonchev–Trinajstić information content (AvgIpc) is 2.33. The van der Waals surface area contributed by atoms with E-state index in [0.29, 0.717) is 24.9 Å². The van der Waals surface area contributed by atoms with E-state index >= 15 is 0 Å². The Bertz CT molecular complexity index is 424. The Labute approximate surface area is 113 Å². The number of ketones is 1. The molecule has 0 fully saturated rings. The summed E-state index contributed by atoms with van der Waals surface area (Å²) >= 11 is 0. The van der Waals surface area contributed by atoms with E-state index in [1.54, 1.807) is 45.3 Å². The fraction of sp³-hybridized carbons (Fsp3) is 0.500. The summed E-state index contributed by atoms with van der Waals surface area (Å²) in [7, 11) is 0. The van der Waals surface area contributed by atoms with Crippen molar-refractivity contribution in [2.24, 2.45) is 0 Å². The number of amides is 1. The molecule has 1 amide bonds. The minimum atomic E-state index is -0.504. The molecular formula is C14H20N2O3. The Morgan fingerprint density at radius 2 is 2.11 bits per heavy atom. The standard InChI is InChI=1S/C14H20N2O3/c1-14(2,3)19-13(18)16-9-5-7-12(17)11-6-4-8-15-10-11/h4,6,8,10H,5,7,9H2,1-3H3,(H,16,18). The number of ether oxygens (including phenoxy) is 1. The predicted molar refractivity (Wildman–Crippen MR) is 72.0 cm³/mol. The third kappa shape index (κ3) is 6.55. The van der Waals surface area contributed by atoms with Gasteiger partial charge in [0.05, 0.1) is 0 Å². The van der Waals surface area contributed by atoms with Gasteiger partial charge in [0, 0.05) is 30.9 Å². The number of pyridine rings is 1. The first-order valence-electron chi connectivity index (χ1n) is 6.28. The number of rotatable bonds is 5. The third-order valence-corrected chi connectivity index (χ3v) is 2.23. The SMILES string of the molecule is CC(C)(C)OC(=O)NCCCC(=O)c1cccnc1. The van der Waals surface area contributed by atoms with E-state index in [0.717, 1.165) is 0 Å². The maximum Gasteiger partial charge on any atom is 0.407 e. The minimum Gasteiger partial charge on any atom is -0.444 e. The summed E-state index contributed by atoms with van der Waals surface area (Å²) in [6.45, 7) is 5.83. The smallest absolute Gasteiger partial charge is 0.407 e. The van der Waals surface area contributed by atoms with E-state index in [4.69, 9.17) is 4.74 Å². The summed E-state index contributed by atoms with van der Waals surface area (Å²) in [6.07, 6.45) is 3.67. The number of hydrogen-bond acceptors (Lipinski definition) is 4. The zero-order valence-corrected chi connectivity index (χ0v) is 11.6. The molecule has 0 aliphatic carbocycles. The first kappa shape index (κ1) is 15.1. The summed E-state index contributed by atoms with van der Waals surface area (Å²) in [6, 6.07) is 3.46. The van der Waals surface area contributed by atoms with Gasteiger partial charge in [0.2, 0.25) is 0 Å². The molecule has 1 heterocycles. The van der Waals surface area contributed by atoms with Crippen molar-refractivity contribution in [1.29, 1.82) is 0 Å². The van der Waals surface area contributed by atoms with E-state index in [1.807, 2.05) is 0 Å². The van der Waals surface area contributed by atoms with Crippen molar-refractivity contribution < 1.29 is 14.3 Å². The van der Waals surface area contributed by atoms with Gasteiger partial charge < -0.3 is 10.1 Å². The van der Waals surface area contributed by atoms with Gasteiger partial charge in [-0.05, 0) is 39.3 Å². The monoisotopic (exact) mass is 264 g/mol. The molecule has 0 saturated carbocycles. The highest BCUT2D eigenvalue weighted by molar-refractivity contribution is 5.95. The van der Waals surface area contributed by atoms with Crippen molar-refractivity contribution >= 4 is 11.9 Å². The topological polar surface area (TPSA) is 68.3 Å². The van der Waals surface area contributed by atoms with Crippen molar-refractivity contribution in [2.45, 2.75) is 39.2 Å². The lowest BCUT2D eigenvalue weighted by Gasteiger charge is -2.19. The molecule has 1 N–H and O–H groups in total. The molecule has 0 bridgehead atoms. The molecule has 104 valence electrons. The van der Waals surface area contributed by atoms with Crippen LogP contribution in [0.25, 0.3) is 0 Å². The van der Waals surface area contributed by atoms with Gasteiger partial charge in [-0.25, -0.2) is 4.79 Å². The molecule has 0 radical (unpaired) electrons. The molecule has 1 aromatic rings. The maximum absolute atomic E-state index is 11.7. The summed E-state index contributed by atoms with van der Waals surface area (Å²) in [5.41, 5.74) is 0.0927. The number of aromatic nitrogens is 1. The normalized spacial score (nSPS) is 10.9. The van der Waals surface area contributed by atoms with E-state index in [-0.39, 0.29) is 5.78 Å².